The quantitative estimate of drug-likeness (QED) is 0.401. The first-order chi connectivity index (χ1) is 14.6. The van der Waals surface area contributed by atoms with E-state index in [4.69, 9.17) is 16.6 Å². The Morgan fingerprint density at radius 3 is 2.53 bits per heavy atom. The van der Waals surface area contributed by atoms with Crippen LogP contribution in [0.5, 0.6) is 0 Å². The van der Waals surface area contributed by atoms with Gasteiger partial charge in [-0.3, -0.25) is 0 Å². The Balaban J connectivity index is 1.72. The molecular formula is C24H24ClN5. The molecule has 0 unspecified atom stereocenters. The van der Waals surface area contributed by atoms with E-state index < -0.39 is 0 Å². The van der Waals surface area contributed by atoms with Crippen LogP contribution in [0.2, 0.25) is 5.15 Å². The molecule has 3 heterocycles. The van der Waals surface area contributed by atoms with Gasteiger partial charge in [-0.15, -0.1) is 0 Å². The van der Waals surface area contributed by atoms with Gasteiger partial charge in [0.15, 0.2) is 5.65 Å². The third kappa shape index (κ3) is 3.48. The lowest BCUT2D eigenvalue weighted by Gasteiger charge is -2.11. The van der Waals surface area contributed by atoms with Gasteiger partial charge >= 0.3 is 0 Å². The van der Waals surface area contributed by atoms with Crippen LogP contribution in [0.25, 0.3) is 22.4 Å². The fraction of sp³-hybridized carbons (Fsp3) is 0.292. The standard InChI is InChI=1S/C24H24ClN5/c1-4-6-21-28-22-16(3)11-12-27-24(22)30(21)15-17-7-9-18(10-8-17)23-19(14-26)13-20(25)29(23)5-2/h7-13H,4-6,15H2,1-3H3. The summed E-state index contributed by atoms with van der Waals surface area (Å²) in [6.07, 6.45) is 3.80. The predicted octanol–water partition coefficient (Wildman–Crippen LogP) is 5.75. The lowest BCUT2D eigenvalue weighted by atomic mass is 10.1. The van der Waals surface area contributed by atoms with Gasteiger partial charge in [-0.25, -0.2) is 9.97 Å². The molecule has 0 radical (unpaired) electrons. The second-order valence-electron chi connectivity index (χ2n) is 7.45. The summed E-state index contributed by atoms with van der Waals surface area (Å²) in [5, 5.41) is 10.1. The number of halogens is 1. The van der Waals surface area contributed by atoms with Crippen LogP contribution in [0.1, 0.15) is 42.8 Å². The van der Waals surface area contributed by atoms with Gasteiger partial charge in [0.1, 0.15) is 22.6 Å². The van der Waals surface area contributed by atoms with Crippen molar-refractivity contribution in [3.63, 3.8) is 0 Å². The van der Waals surface area contributed by atoms with E-state index in [1.807, 2.05) is 23.8 Å². The molecule has 0 N–H and O–H groups in total. The third-order valence-corrected chi connectivity index (χ3v) is 5.75. The highest BCUT2D eigenvalue weighted by Gasteiger charge is 2.16. The number of benzene rings is 1. The van der Waals surface area contributed by atoms with Crippen molar-refractivity contribution in [3.05, 3.63) is 70.3 Å². The van der Waals surface area contributed by atoms with Crippen molar-refractivity contribution in [2.45, 2.75) is 46.7 Å². The molecule has 6 heteroatoms. The summed E-state index contributed by atoms with van der Waals surface area (Å²) >= 11 is 6.31. The maximum absolute atomic E-state index is 9.50. The van der Waals surface area contributed by atoms with Gasteiger partial charge in [-0.05, 0) is 49.1 Å². The minimum Gasteiger partial charge on any atom is -0.331 e. The number of rotatable bonds is 6. The van der Waals surface area contributed by atoms with Crippen molar-refractivity contribution in [3.8, 4) is 17.3 Å². The molecule has 0 saturated carbocycles. The second kappa shape index (κ2) is 8.33. The van der Waals surface area contributed by atoms with Crippen molar-refractivity contribution in [2.24, 2.45) is 0 Å². The highest BCUT2D eigenvalue weighted by atomic mass is 35.5. The van der Waals surface area contributed by atoms with E-state index in [1.54, 1.807) is 6.07 Å². The monoisotopic (exact) mass is 417 g/mol. The van der Waals surface area contributed by atoms with Gasteiger partial charge < -0.3 is 9.13 Å². The Morgan fingerprint density at radius 2 is 1.87 bits per heavy atom. The van der Waals surface area contributed by atoms with Gasteiger partial charge in [0, 0.05) is 19.2 Å². The number of hydrogen-bond donors (Lipinski definition) is 0. The summed E-state index contributed by atoms with van der Waals surface area (Å²) in [4.78, 5) is 9.46. The third-order valence-electron chi connectivity index (χ3n) is 5.44. The number of fused-ring (bicyclic) bond motifs is 1. The molecule has 0 aliphatic carbocycles. The fourth-order valence-corrected chi connectivity index (χ4v) is 4.25. The minimum atomic E-state index is 0.587. The lowest BCUT2D eigenvalue weighted by Crippen LogP contribution is -2.06. The fourth-order valence-electron chi connectivity index (χ4n) is 3.94. The molecule has 0 fully saturated rings. The first-order valence-corrected chi connectivity index (χ1v) is 10.6. The molecule has 0 aliphatic heterocycles. The number of nitriles is 1. The number of hydrogen-bond acceptors (Lipinski definition) is 3. The van der Waals surface area contributed by atoms with Crippen molar-refractivity contribution >= 4 is 22.8 Å². The summed E-state index contributed by atoms with van der Waals surface area (Å²) < 4.78 is 4.18. The van der Waals surface area contributed by atoms with Crippen LogP contribution in [0, 0.1) is 18.3 Å². The van der Waals surface area contributed by atoms with Gasteiger partial charge in [-0.1, -0.05) is 42.8 Å². The molecule has 30 heavy (non-hydrogen) atoms. The van der Waals surface area contributed by atoms with E-state index in [2.05, 4.69) is 53.7 Å². The van der Waals surface area contributed by atoms with Crippen molar-refractivity contribution < 1.29 is 0 Å². The Labute approximate surface area is 181 Å². The molecule has 0 amide bonds. The first-order valence-electron chi connectivity index (χ1n) is 10.3. The molecule has 4 aromatic rings. The van der Waals surface area contributed by atoms with E-state index in [1.165, 1.54) is 0 Å². The normalized spacial score (nSPS) is 11.2. The zero-order valence-corrected chi connectivity index (χ0v) is 18.2. The van der Waals surface area contributed by atoms with Crippen LogP contribution >= 0.6 is 11.6 Å². The predicted molar refractivity (Wildman–Crippen MR) is 121 cm³/mol. The van der Waals surface area contributed by atoms with Crippen molar-refractivity contribution in [1.82, 2.24) is 19.1 Å². The van der Waals surface area contributed by atoms with E-state index in [-0.39, 0.29) is 0 Å². The highest BCUT2D eigenvalue weighted by Crippen LogP contribution is 2.30. The molecule has 4 rings (SSSR count). The molecule has 0 atom stereocenters. The van der Waals surface area contributed by atoms with Crippen LogP contribution < -0.4 is 0 Å². The van der Waals surface area contributed by atoms with E-state index in [0.29, 0.717) is 23.8 Å². The summed E-state index contributed by atoms with van der Waals surface area (Å²) in [5.74, 6) is 1.07. The molecule has 0 bridgehead atoms. The Hall–Kier alpha value is -3.10. The SMILES string of the molecule is CCCc1nc2c(C)ccnc2n1Cc1ccc(-c2c(C#N)cc(Cl)n2CC)cc1. The maximum atomic E-state index is 9.50. The summed E-state index contributed by atoms with van der Waals surface area (Å²) in [7, 11) is 0. The van der Waals surface area contributed by atoms with Crippen LogP contribution in [-0.4, -0.2) is 19.1 Å². The van der Waals surface area contributed by atoms with E-state index in [0.717, 1.165) is 52.2 Å². The molecule has 152 valence electrons. The lowest BCUT2D eigenvalue weighted by molar-refractivity contribution is 0.716. The average Bonchev–Trinajstić information content (AvgIpc) is 3.27. The molecule has 3 aromatic heterocycles. The second-order valence-corrected chi connectivity index (χ2v) is 7.83. The van der Waals surface area contributed by atoms with Crippen LogP contribution in [0.3, 0.4) is 0 Å². The molecule has 1 aromatic carbocycles. The minimum absolute atomic E-state index is 0.587. The number of aromatic nitrogens is 4. The van der Waals surface area contributed by atoms with E-state index >= 15 is 0 Å². The largest absolute Gasteiger partial charge is 0.331 e. The number of aryl methyl sites for hydroxylation is 2. The van der Waals surface area contributed by atoms with Gasteiger partial charge in [0.05, 0.1) is 17.8 Å². The summed E-state index contributed by atoms with van der Waals surface area (Å²) in [6.45, 7) is 7.69. The highest BCUT2D eigenvalue weighted by molar-refractivity contribution is 6.30. The maximum Gasteiger partial charge on any atom is 0.160 e. The van der Waals surface area contributed by atoms with Crippen LogP contribution in [0.15, 0.2) is 42.6 Å². The van der Waals surface area contributed by atoms with Gasteiger partial charge in [0.25, 0.3) is 0 Å². The Morgan fingerprint density at radius 1 is 1.10 bits per heavy atom. The molecule has 0 saturated heterocycles. The number of imidazole rings is 1. The zero-order valence-electron chi connectivity index (χ0n) is 17.5. The Bertz CT molecular complexity index is 1240. The van der Waals surface area contributed by atoms with E-state index in [9.17, 15) is 5.26 Å². The van der Waals surface area contributed by atoms with Crippen molar-refractivity contribution in [1.29, 1.82) is 5.26 Å². The number of nitrogens with zero attached hydrogens (tertiary/aromatic N) is 5. The first kappa shape index (κ1) is 20.2. The number of pyridine rings is 1. The van der Waals surface area contributed by atoms with Gasteiger partial charge in [-0.2, -0.15) is 5.26 Å². The smallest absolute Gasteiger partial charge is 0.160 e. The Kier molecular flexibility index (Phi) is 5.61. The van der Waals surface area contributed by atoms with Gasteiger partial charge in [0.2, 0.25) is 0 Å². The zero-order chi connectivity index (χ0) is 21.3. The summed E-state index contributed by atoms with van der Waals surface area (Å²) in [5.41, 5.74) is 6.68. The molecule has 0 aliphatic rings. The molecule has 0 spiro atoms. The molecular weight excluding hydrogens is 394 g/mol. The average molecular weight is 418 g/mol. The van der Waals surface area contributed by atoms with Crippen LogP contribution in [0.4, 0.5) is 0 Å². The summed E-state index contributed by atoms with van der Waals surface area (Å²) in [6, 6.07) is 14.3. The van der Waals surface area contributed by atoms with Crippen molar-refractivity contribution in [2.75, 3.05) is 0 Å². The van der Waals surface area contributed by atoms with Crippen LogP contribution in [-0.2, 0) is 19.5 Å². The topological polar surface area (TPSA) is 59.4 Å². The molecule has 5 nitrogen and oxygen atoms in total.